The van der Waals surface area contributed by atoms with Crippen LogP contribution in [0.3, 0.4) is 0 Å². The Balaban J connectivity index is 1.89. The first-order valence-electron chi connectivity index (χ1n) is 6.35. The fourth-order valence-corrected chi connectivity index (χ4v) is 2.26. The Labute approximate surface area is 102 Å². The molecule has 0 atom stereocenters. The molecule has 1 fully saturated rings. The topological polar surface area (TPSA) is 39.2 Å². The number of aromatic nitrogens is 1. The second-order valence-corrected chi connectivity index (χ2v) is 4.75. The normalized spacial score (nSPS) is 16.8. The monoisotopic (exact) mass is 233 g/mol. The maximum atomic E-state index is 11.2. The first-order valence-corrected chi connectivity index (χ1v) is 6.35. The Morgan fingerprint density at radius 1 is 1.41 bits per heavy atom. The largest absolute Gasteiger partial charge is 0.477 e. The molecule has 0 saturated heterocycles. The van der Waals surface area contributed by atoms with Gasteiger partial charge in [-0.05, 0) is 31.7 Å². The summed E-state index contributed by atoms with van der Waals surface area (Å²) >= 11 is 0. The van der Waals surface area contributed by atoms with E-state index in [9.17, 15) is 4.79 Å². The van der Waals surface area contributed by atoms with Gasteiger partial charge in [-0.15, -0.1) is 0 Å². The van der Waals surface area contributed by atoms with Gasteiger partial charge in [-0.2, -0.15) is 0 Å². The zero-order valence-electron chi connectivity index (χ0n) is 10.3. The van der Waals surface area contributed by atoms with Crippen LogP contribution in [0.25, 0.3) is 0 Å². The summed E-state index contributed by atoms with van der Waals surface area (Å²) in [7, 11) is 0. The van der Waals surface area contributed by atoms with Crippen LogP contribution >= 0.6 is 0 Å². The Bertz CT molecular complexity index is 384. The molecule has 1 aliphatic carbocycles. The average molecular weight is 233 g/mol. The average Bonchev–Trinajstić information content (AvgIpc) is 2.38. The molecule has 1 aromatic rings. The molecule has 3 nitrogen and oxygen atoms in total. The van der Waals surface area contributed by atoms with Gasteiger partial charge < -0.3 is 4.74 Å². The van der Waals surface area contributed by atoms with Crippen LogP contribution in [0.5, 0.6) is 5.88 Å². The fraction of sp³-hybridized carbons (Fsp3) is 0.571. The summed E-state index contributed by atoms with van der Waals surface area (Å²) < 4.78 is 5.67. The Kier molecular flexibility index (Phi) is 4.13. The van der Waals surface area contributed by atoms with Crippen molar-refractivity contribution in [2.24, 2.45) is 5.92 Å². The van der Waals surface area contributed by atoms with Gasteiger partial charge in [0.2, 0.25) is 5.88 Å². The maximum absolute atomic E-state index is 11.2. The van der Waals surface area contributed by atoms with Crippen LogP contribution in [0.1, 0.15) is 49.4 Å². The van der Waals surface area contributed by atoms with Crippen LogP contribution in [-0.4, -0.2) is 17.4 Å². The standard InChI is InChI=1S/C14H19NO2/c1-11(16)13-7-8-15-14(9-13)17-10-12-5-3-2-4-6-12/h7-9,12H,2-6,10H2,1H3. The molecule has 0 amide bonds. The van der Waals surface area contributed by atoms with Crippen molar-refractivity contribution in [2.75, 3.05) is 6.61 Å². The third-order valence-electron chi connectivity index (χ3n) is 3.33. The molecule has 92 valence electrons. The Morgan fingerprint density at radius 2 is 2.18 bits per heavy atom. The zero-order chi connectivity index (χ0) is 12.1. The number of nitrogens with zero attached hydrogens (tertiary/aromatic N) is 1. The van der Waals surface area contributed by atoms with Crippen LogP contribution in [0, 0.1) is 5.92 Å². The van der Waals surface area contributed by atoms with Crippen molar-refractivity contribution >= 4 is 5.78 Å². The van der Waals surface area contributed by atoms with Gasteiger partial charge in [0.05, 0.1) is 6.61 Å². The van der Waals surface area contributed by atoms with Crippen LogP contribution in [-0.2, 0) is 0 Å². The summed E-state index contributed by atoms with van der Waals surface area (Å²) in [6.45, 7) is 2.29. The summed E-state index contributed by atoms with van der Waals surface area (Å²) in [5.41, 5.74) is 0.665. The predicted octanol–water partition coefficient (Wildman–Crippen LogP) is 3.24. The fourth-order valence-electron chi connectivity index (χ4n) is 2.26. The SMILES string of the molecule is CC(=O)c1ccnc(OCC2CCCCC2)c1. The van der Waals surface area contributed by atoms with E-state index in [1.807, 2.05) is 0 Å². The van der Waals surface area contributed by atoms with Crippen molar-refractivity contribution in [1.82, 2.24) is 4.98 Å². The summed E-state index contributed by atoms with van der Waals surface area (Å²) in [5.74, 6) is 1.28. The molecule has 0 unspecified atom stereocenters. The van der Waals surface area contributed by atoms with Gasteiger partial charge in [0.25, 0.3) is 0 Å². The highest BCUT2D eigenvalue weighted by molar-refractivity contribution is 5.94. The predicted molar refractivity (Wildman–Crippen MR) is 66.3 cm³/mol. The quantitative estimate of drug-likeness (QED) is 0.749. The van der Waals surface area contributed by atoms with Gasteiger partial charge in [0.15, 0.2) is 5.78 Å². The van der Waals surface area contributed by atoms with E-state index < -0.39 is 0 Å². The lowest BCUT2D eigenvalue weighted by atomic mass is 9.90. The Morgan fingerprint density at radius 3 is 2.88 bits per heavy atom. The van der Waals surface area contributed by atoms with E-state index in [2.05, 4.69) is 4.98 Å². The smallest absolute Gasteiger partial charge is 0.213 e. The third-order valence-corrected chi connectivity index (χ3v) is 3.33. The molecule has 17 heavy (non-hydrogen) atoms. The highest BCUT2D eigenvalue weighted by Crippen LogP contribution is 2.24. The minimum Gasteiger partial charge on any atom is -0.477 e. The number of Topliss-reactive ketones (excluding diaryl/α,β-unsaturated/α-hetero) is 1. The highest BCUT2D eigenvalue weighted by Gasteiger charge is 2.14. The summed E-state index contributed by atoms with van der Waals surface area (Å²) in [6.07, 6.45) is 8.13. The van der Waals surface area contributed by atoms with E-state index in [0.717, 1.165) is 6.61 Å². The van der Waals surface area contributed by atoms with Gasteiger partial charge in [-0.3, -0.25) is 4.79 Å². The molecule has 1 aromatic heterocycles. The van der Waals surface area contributed by atoms with E-state index in [-0.39, 0.29) is 5.78 Å². The number of rotatable bonds is 4. The molecular formula is C14H19NO2. The van der Waals surface area contributed by atoms with Gasteiger partial charge in [-0.1, -0.05) is 19.3 Å². The molecule has 0 aromatic carbocycles. The zero-order valence-corrected chi connectivity index (χ0v) is 10.3. The molecule has 0 aliphatic heterocycles. The molecule has 0 spiro atoms. The van der Waals surface area contributed by atoms with Crippen molar-refractivity contribution in [3.8, 4) is 5.88 Å². The maximum Gasteiger partial charge on any atom is 0.213 e. The van der Waals surface area contributed by atoms with Gasteiger partial charge in [0, 0.05) is 17.8 Å². The molecule has 2 rings (SSSR count). The van der Waals surface area contributed by atoms with Crippen molar-refractivity contribution < 1.29 is 9.53 Å². The lowest BCUT2D eigenvalue weighted by Gasteiger charge is -2.21. The van der Waals surface area contributed by atoms with Crippen LogP contribution in [0.2, 0.25) is 0 Å². The van der Waals surface area contributed by atoms with Gasteiger partial charge >= 0.3 is 0 Å². The molecule has 1 heterocycles. The van der Waals surface area contributed by atoms with Crippen molar-refractivity contribution in [1.29, 1.82) is 0 Å². The number of pyridine rings is 1. The molecule has 3 heteroatoms. The number of carbonyl (C=O) groups is 1. The van der Waals surface area contributed by atoms with Crippen molar-refractivity contribution in [2.45, 2.75) is 39.0 Å². The minimum atomic E-state index is 0.0508. The van der Waals surface area contributed by atoms with Crippen molar-refractivity contribution in [3.63, 3.8) is 0 Å². The number of ketones is 1. The molecule has 0 N–H and O–H groups in total. The van der Waals surface area contributed by atoms with Crippen molar-refractivity contribution in [3.05, 3.63) is 23.9 Å². The van der Waals surface area contributed by atoms with E-state index in [1.165, 1.54) is 32.1 Å². The van der Waals surface area contributed by atoms with Crippen LogP contribution in [0.15, 0.2) is 18.3 Å². The second-order valence-electron chi connectivity index (χ2n) is 4.75. The van der Waals surface area contributed by atoms with E-state index in [0.29, 0.717) is 17.4 Å². The molecule has 1 saturated carbocycles. The lowest BCUT2D eigenvalue weighted by Crippen LogP contribution is -2.15. The van der Waals surface area contributed by atoms with Crippen LogP contribution in [0.4, 0.5) is 0 Å². The highest BCUT2D eigenvalue weighted by atomic mass is 16.5. The van der Waals surface area contributed by atoms with Crippen LogP contribution < -0.4 is 4.74 Å². The summed E-state index contributed by atoms with van der Waals surface area (Å²) in [4.78, 5) is 15.4. The van der Waals surface area contributed by atoms with E-state index in [4.69, 9.17) is 4.74 Å². The third kappa shape index (κ3) is 3.55. The van der Waals surface area contributed by atoms with E-state index in [1.54, 1.807) is 25.3 Å². The second kappa shape index (κ2) is 5.80. The number of hydrogen-bond acceptors (Lipinski definition) is 3. The number of carbonyl (C=O) groups excluding carboxylic acids is 1. The summed E-state index contributed by atoms with van der Waals surface area (Å²) in [6, 6.07) is 3.45. The molecule has 0 bridgehead atoms. The van der Waals surface area contributed by atoms with E-state index >= 15 is 0 Å². The van der Waals surface area contributed by atoms with Gasteiger partial charge in [0.1, 0.15) is 0 Å². The molecule has 1 aliphatic rings. The Hall–Kier alpha value is -1.38. The van der Waals surface area contributed by atoms with Gasteiger partial charge in [-0.25, -0.2) is 4.98 Å². The molecule has 0 radical (unpaired) electrons. The molecular weight excluding hydrogens is 214 g/mol. The first-order chi connectivity index (χ1) is 8.25. The number of hydrogen-bond donors (Lipinski definition) is 0. The minimum absolute atomic E-state index is 0.0508. The lowest BCUT2D eigenvalue weighted by molar-refractivity contribution is 0.101. The summed E-state index contributed by atoms with van der Waals surface area (Å²) in [5, 5.41) is 0. The first kappa shape index (κ1) is 12.1. The number of ether oxygens (including phenoxy) is 1.